The predicted octanol–water partition coefficient (Wildman–Crippen LogP) is 5.91. The van der Waals surface area contributed by atoms with Gasteiger partial charge in [0.1, 0.15) is 0 Å². The highest BCUT2D eigenvalue weighted by Gasteiger charge is 2.14. The average molecular weight is 276 g/mol. The molecule has 0 aromatic carbocycles. The molecule has 0 saturated heterocycles. The van der Waals surface area contributed by atoms with Crippen LogP contribution in [0.4, 0.5) is 8.78 Å². The van der Waals surface area contributed by atoms with Crippen LogP contribution in [0, 0.1) is 0 Å². The van der Waals surface area contributed by atoms with Crippen molar-refractivity contribution in [1.29, 1.82) is 0 Å². The molecule has 0 aliphatic heterocycles. The van der Waals surface area contributed by atoms with Crippen LogP contribution < -0.4 is 0 Å². The second-order valence-corrected chi connectivity index (χ2v) is 5.45. The normalized spacial score (nSPS) is 12.6. The third-order valence-corrected chi connectivity index (χ3v) is 3.56. The average Bonchev–Trinajstić information content (AvgIpc) is 2.39. The standard InChI is InChI=1S/C16H30F2O/c1-2-3-4-5-6-7-8-9-10-11-12-13-14-15(17)16(18)19/h15H,2-14H2,1H3. The molecule has 1 atom stereocenters. The van der Waals surface area contributed by atoms with Gasteiger partial charge in [0.05, 0.1) is 0 Å². The van der Waals surface area contributed by atoms with Gasteiger partial charge < -0.3 is 0 Å². The van der Waals surface area contributed by atoms with Gasteiger partial charge in [-0.05, 0) is 12.8 Å². The van der Waals surface area contributed by atoms with Crippen molar-refractivity contribution < 1.29 is 13.6 Å². The minimum atomic E-state index is -1.89. The fourth-order valence-electron chi connectivity index (χ4n) is 2.28. The first-order valence-corrected chi connectivity index (χ1v) is 8.02. The lowest BCUT2D eigenvalue weighted by Crippen LogP contribution is -2.09. The maximum Gasteiger partial charge on any atom is 0.335 e. The monoisotopic (exact) mass is 276 g/mol. The summed E-state index contributed by atoms with van der Waals surface area (Å²) in [5, 5.41) is 0. The number of rotatable bonds is 14. The third-order valence-electron chi connectivity index (χ3n) is 3.56. The summed E-state index contributed by atoms with van der Waals surface area (Å²) in [6, 6.07) is -1.82. The summed E-state index contributed by atoms with van der Waals surface area (Å²) >= 11 is 0. The van der Waals surface area contributed by atoms with Gasteiger partial charge in [0.25, 0.3) is 0 Å². The summed E-state index contributed by atoms with van der Waals surface area (Å²) in [4.78, 5) is 10.0. The lowest BCUT2D eigenvalue weighted by atomic mass is 10.0. The topological polar surface area (TPSA) is 17.1 Å². The van der Waals surface area contributed by atoms with Crippen molar-refractivity contribution in [2.75, 3.05) is 0 Å². The predicted molar refractivity (Wildman–Crippen MR) is 76.7 cm³/mol. The van der Waals surface area contributed by atoms with Gasteiger partial charge in [-0.3, -0.25) is 4.79 Å². The third kappa shape index (κ3) is 13.8. The molecule has 0 radical (unpaired) electrons. The van der Waals surface area contributed by atoms with Crippen LogP contribution in [0.3, 0.4) is 0 Å². The Labute approximate surface area is 117 Å². The van der Waals surface area contributed by atoms with E-state index in [1.54, 1.807) is 0 Å². The number of carbonyl (C=O) groups excluding carboxylic acids is 1. The molecular formula is C16H30F2O. The van der Waals surface area contributed by atoms with Crippen LogP contribution in [0.1, 0.15) is 90.4 Å². The number of alkyl halides is 1. The first-order valence-electron chi connectivity index (χ1n) is 8.02. The fourth-order valence-corrected chi connectivity index (χ4v) is 2.28. The number of unbranched alkanes of at least 4 members (excludes halogenated alkanes) is 11. The SMILES string of the molecule is CCCCCCCCCCCCCCC(F)C(=O)F. The second kappa shape index (κ2) is 14.0. The van der Waals surface area contributed by atoms with E-state index in [0.717, 1.165) is 12.8 Å². The first-order chi connectivity index (χ1) is 9.18. The van der Waals surface area contributed by atoms with E-state index in [9.17, 15) is 13.6 Å². The van der Waals surface area contributed by atoms with E-state index in [0.29, 0.717) is 6.42 Å². The highest BCUT2D eigenvalue weighted by Crippen LogP contribution is 2.13. The summed E-state index contributed by atoms with van der Waals surface area (Å²) in [6.07, 6.45) is 12.5. The van der Waals surface area contributed by atoms with Crippen molar-refractivity contribution in [3.05, 3.63) is 0 Å². The Kier molecular flexibility index (Phi) is 13.6. The summed E-state index contributed by atoms with van der Waals surface area (Å²) in [7, 11) is 0. The van der Waals surface area contributed by atoms with Crippen LogP contribution in [0.2, 0.25) is 0 Å². The molecule has 1 nitrogen and oxygen atoms in total. The molecule has 0 aliphatic rings. The van der Waals surface area contributed by atoms with Gasteiger partial charge in [-0.15, -0.1) is 0 Å². The van der Waals surface area contributed by atoms with Gasteiger partial charge in [-0.2, -0.15) is 4.39 Å². The molecule has 0 fully saturated rings. The zero-order chi connectivity index (χ0) is 14.3. The van der Waals surface area contributed by atoms with Crippen molar-refractivity contribution in [2.24, 2.45) is 0 Å². The Morgan fingerprint density at radius 1 is 0.789 bits per heavy atom. The Hall–Kier alpha value is -0.470. The molecule has 0 spiro atoms. The number of carbonyl (C=O) groups is 1. The van der Waals surface area contributed by atoms with Crippen molar-refractivity contribution in [3.8, 4) is 0 Å². The van der Waals surface area contributed by atoms with Crippen molar-refractivity contribution in [2.45, 2.75) is 96.6 Å². The Balaban J connectivity index is 3.05. The van der Waals surface area contributed by atoms with Gasteiger partial charge in [0.2, 0.25) is 0 Å². The Bertz CT molecular complexity index is 207. The van der Waals surface area contributed by atoms with Gasteiger partial charge in [0, 0.05) is 0 Å². The number of hydrogen-bond donors (Lipinski definition) is 0. The molecule has 0 amide bonds. The van der Waals surface area contributed by atoms with E-state index in [1.807, 2.05) is 0 Å². The van der Waals surface area contributed by atoms with Crippen molar-refractivity contribution >= 4 is 6.04 Å². The molecule has 0 saturated carbocycles. The minimum Gasteiger partial charge on any atom is -0.258 e. The molecule has 0 aromatic heterocycles. The Morgan fingerprint density at radius 2 is 1.16 bits per heavy atom. The molecule has 1 unspecified atom stereocenters. The lowest BCUT2D eigenvalue weighted by molar-refractivity contribution is -0.134. The summed E-state index contributed by atoms with van der Waals surface area (Å²) in [5.74, 6) is 0. The van der Waals surface area contributed by atoms with Crippen molar-refractivity contribution in [3.63, 3.8) is 0 Å². The molecule has 0 aliphatic carbocycles. The molecule has 3 heteroatoms. The van der Waals surface area contributed by atoms with E-state index in [-0.39, 0.29) is 6.42 Å². The number of halogens is 2. The van der Waals surface area contributed by atoms with E-state index in [4.69, 9.17) is 0 Å². The Morgan fingerprint density at radius 3 is 1.53 bits per heavy atom. The molecule has 0 heterocycles. The maximum absolute atomic E-state index is 12.6. The van der Waals surface area contributed by atoms with Crippen LogP contribution in [-0.2, 0) is 4.79 Å². The number of hydrogen-bond acceptors (Lipinski definition) is 1. The highest BCUT2D eigenvalue weighted by atomic mass is 19.2. The van der Waals surface area contributed by atoms with Crippen LogP contribution in [-0.4, -0.2) is 12.2 Å². The van der Waals surface area contributed by atoms with Crippen molar-refractivity contribution in [1.82, 2.24) is 0 Å². The van der Waals surface area contributed by atoms with Gasteiger partial charge in [-0.25, -0.2) is 4.39 Å². The smallest absolute Gasteiger partial charge is 0.258 e. The summed E-state index contributed by atoms with van der Waals surface area (Å²) < 4.78 is 24.5. The fraction of sp³-hybridized carbons (Fsp3) is 0.938. The minimum absolute atomic E-state index is 0.0484. The van der Waals surface area contributed by atoms with Crippen LogP contribution in [0.25, 0.3) is 0 Å². The van der Waals surface area contributed by atoms with Gasteiger partial charge >= 0.3 is 6.04 Å². The molecule has 0 rings (SSSR count). The zero-order valence-electron chi connectivity index (χ0n) is 12.4. The lowest BCUT2D eigenvalue weighted by Gasteiger charge is -2.03. The summed E-state index contributed by atoms with van der Waals surface area (Å²) in [6.45, 7) is 2.23. The second-order valence-electron chi connectivity index (χ2n) is 5.45. The van der Waals surface area contributed by atoms with Gasteiger partial charge in [0.15, 0.2) is 6.17 Å². The van der Waals surface area contributed by atoms with Crippen LogP contribution in [0.5, 0.6) is 0 Å². The molecule has 0 bridgehead atoms. The molecule has 0 aromatic rings. The van der Waals surface area contributed by atoms with E-state index in [2.05, 4.69) is 6.92 Å². The van der Waals surface area contributed by atoms with Crippen LogP contribution in [0.15, 0.2) is 0 Å². The molecule has 19 heavy (non-hydrogen) atoms. The molecule has 0 N–H and O–H groups in total. The largest absolute Gasteiger partial charge is 0.335 e. The molecule has 114 valence electrons. The quantitative estimate of drug-likeness (QED) is 0.284. The van der Waals surface area contributed by atoms with Gasteiger partial charge in [-0.1, -0.05) is 77.6 Å². The van der Waals surface area contributed by atoms with E-state index >= 15 is 0 Å². The van der Waals surface area contributed by atoms with E-state index in [1.165, 1.54) is 57.8 Å². The first kappa shape index (κ1) is 18.5. The molecular weight excluding hydrogens is 246 g/mol. The van der Waals surface area contributed by atoms with Crippen LogP contribution >= 0.6 is 0 Å². The summed E-state index contributed by atoms with van der Waals surface area (Å²) in [5.41, 5.74) is 0. The maximum atomic E-state index is 12.6. The zero-order valence-corrected chi connectivity index (χ0v) is 12.4. The van der Waals surface area contributed by atoms with E-state index < -0.39 is 12.2 Å². The highest BCUT2D eigenvalue weighted by molar-refractivity contribution is 5.72.